The Hall–Kier alpha value is -1.84. The molecule has 14 heavy (non-hydrogen) atoms. The second-order valence-electron chi connectivity index (χ2n) is 3.27. The number of nitrogen functional groups attached to an aromatic ring is 1. The molecule has 0 saturated heterocycles. The zero-order valence-electron chi connectivity index (χ0n) is 8.01. The molecule has 0 unspecified atom stereocenters. The van der Waals surface area contributed by atoms with Gasteiger partial charge in [-0.25, -0.2) is 4.98 Å². The van der Waals surface area contributed by atoms with Gasteiger partial charge in [0.15, 0.2) is 0 Å². The van der Waals surface area contributed by atoms with E-state index in [0.29, 0.717) is 12.4 Å². The summed E-state index contributed by atoms with van der Waals surface area (Å²) < 4.78 is 1.84. The van der Waals surface area contributed by atoms with Crippen molar-refractivity contribution >= 4 is 5.82 Å². The Bertz CT molecular complexity index is 433. The number of aromatic nitrogens is 3. The standard InChI is InChI=1S/C10H12N4/c1-8-5-12-14(6-8)7-9-3-2-4-10(11)13-9/h2-6H,7H2,1H3,(H2,11,13). The number of anilines is 1. The first-order valence-electron chi connectivity index (χ1n) is 4.44. The minimum Gasteiger partial charge on any atom is -0.384 e. The lowest BCUT2D eigenvalue weighted by molar-refractivity contribution is 0.673. The van der Waals surface area contributed by atoms with Crippen LogP contribution in [0.5, 0.6) is 0 Å². The molecule has 0 aliphatic rings. The number of hydrogen-bond acceptors (Lipinski definition) is 3. The highest BCUT2D eigenvalue weighted by atomic mass is 15.3. The maximum Gasteiger partial charge on any atom is 0.123 e. The van der Waals surface area contributed by atoms with Gasteiger partial charge in [0.05, 0.1) is 18.4 Å². The average Bonchev–Trinajstić information content (AvgIpc) is 2.51. The molecule has 0 atom stereocenters. The summed E-state index contributed by atoms with van der Waals surface area (Å²) in [6.07, 6.45) is 3.80. The molecule has 2 heterocycles. The fourth-order valence-electron chi connectivity index (χ4n) is 1.31. The van der Waals surface area contributed by atoms with Crippen LogP contribution in [0, 0.1) is 6.92 Å². The lowest BCUT2D eigenvalue weighted by Gasteiger charge is -2.01. The van der Waals surface area contributed by atoms with Gasteiger partial charge in [0, 0.05) is 6.20 Å². The van der Waals surface area contributed by atoms with Crippen molar-refractivity contribution in [1.82, 2.24) is 14.8 Å². The zero-order valence-corrected chi connectivity index (χ0v) is 8.01. The highest BCUT2D eigenvalue weighted by molar-refractivity contribution is 5.28. The minimum absolute atomic E-state index is 0.548. The van der Waals surface area contributed by atoms with Crippen molar-refractivity contribution in [3.63, 3.8) is 0 Å². The molecule has 0 aliphatic heterocycles. The van der Waals surface area contributed by atoms with E-state index in [2.05, 4.69) is 10.1 Å². The smallest absolute Gasteiger partial charge is 0.123 e. The van der Waals surface area contributed by atoms with E-state index in [9.17, 15) is 0 Å². The molecule has 4 nitrogen and oxygen atoms in total. The molecule has 0 bridgehead atoms. The van der Waals surface area contributed by atoms with Crippen molar-refractivity contribution < 1.29 is 0 Å². The summed E-state index contributed by atoms with van der Waals surface area (Å²) in [4.78, 5) is 4.19. The van der Waals surface area contributed by atoms with Crippen molar-refractivity contribution in [1.29, 1.82) is 0 Å². The summed E-state index contributed by atoms with van der Waals surface area (Å²) >= 11 is 0. The van der Waals surface area contributed by atoms with Crippen LogP contribution < -0.4 is 5.73 Å². The largest absolute Gasteiger partial charge is 0.384 e. The zero-order chi connectivity index (χ0) is 9.97. The Labute approximate surface area is 82.4 Å². The second-order valence-corrected chi connectivity index (χ2v) is 3.27. The summed E-state index contributed by atoms with van der Waals surface area (Å²) in [6, 6.07) is 5.61. The Morgan fingerprint density at radius 1 is 1.43 bits per heavy atom. The molecular weight excluding hydrogens is 176 g/mol. The molecule has 2 aromatic heterocycles. The predicted octanol–water partition coefficient (Wildman–Crippen LogP) is 1.22. The van der Waals surface area contributed by atoms with Crippen LogP contribution in [0.1, 0.15) is 11.3 Å². The van der Waals surface area contributed by atoms with E-state index >= 15 is 0 Å². The first-order chi connectivity index (χ1) is 6.74. The minimum atomic E-state index is 0.548. The Kier molecular flexibility index (Phi) is 2.18. The number of hydrogen-bond donors (Lipinski definition) is 1. The van der Waals surface area contributed by atoms with Gasteiger partial charge in [-0.1, -0.05) is 6.07 Å². The summed E-state index contributed by atoms with van der Waals surface area (Å²) in [5.41, 5.74) is 7.65. The third-order valence-corrected chi connectivity index (χ3v) is 1.91. The molecule has 0 spiro atoms. The van der Waals surface area contributed by atoms with Crippen molar-refractivity contribution in [2.75, 3.05) is 5.73 Å². The van der Waals surface area contributed by atoms with Crippen LogP contribution in [0.15, 0.2) is 30.6 Å². The Morgan fingerprint density at radius 2 is 2.29 bits per heavy atom. The Morgan fingerprint density at radius 3 is 2.93 bits per heavy atom. The van der Waals surface area contributed by atoms with E-state index in [0.717, 1.165) is 11.3 Å². The highest BCUT2D eigenvalue weighted by Crippen LogP contribution is 2.03. The van der Waals surface area contributed by atoms with Gasteiger partial charge in [-0.05, 0) is 24.6 Å². The number of nitrogens with two attached hydrogens (primary N) is 1. The van der Waals surface area contributed by atoms with Crippen molar-refractivity contribution in [3.8, 4) is 0 Å². The van der Waals surface area contributed by atoms with Crippen molar-refractivity contribution in [2.45, 2.75) is 13.5 Å². The van der Waals surface area contributed by atoms with Crippen LogP contribution in [-0.4, -0.2) is 14.8 Å². The van der Waals surface area contributed by atoms with E-state index in [1.54, 1.807) is 6.07 Å². The molecule has 4 heteroatoms. The molecule has 2 rings (SSSR count). The molecule has 0 aliphatic carbocycles. The van der Waals surface area contributed by atoms with E-state index < -0.39 is 0 Å². The van der Waals surface area contributed by atoms with E-state index in [-0.39, 0.29) is 0 Å². The van der Waals surface area contributed by atoms with Crippen molar-refractivity contribution in [2.24, 2.45) is 0 Å². The fraction of sp³-hybridized carbons (Fsp3) is 0.200. The van der Waals surface area contributed by atoms with E-state index in [4.69, 9.17) is 5.73 Å². The molecule has 0 radical (unpaired) electrons. The molecular formula is C10H12N4. The van der Waals surface area contributed by atoms with Gasteiger partial charge in [0.25, 0.3) is 0 Å². The van der Waals surface area contributed by atoms with Gasteiger partial charge in [-0.3, -0.25) is 4.68 Å². The monoisotopic (exact) mass is 188 g/mol. The quantitative estimate of drug-likeness (QED) is 0.770. The molecule has 0 fully saturated rings. The number of nitrogens with zero attached hydrogens (tertiary/aromatic N) is 3. The highest BCUT2D eigenvalue weighted by Gasteiger charge is 1.98. The van der Waals surface area contributed by atoms with Crippen LogP contribution in [0.2, 0.25) is 0 Å². The van der Waals surface area contributed by atoms with Crippen LogP contribution >= 0.6 is 0 Å². The van der Waals surface area contributed by atoms with Gasteiger partial charge in [-0.2, -0.15) is 5.10 Å². The first-order valence-corrected chi connectivity index (χ1v) is 4.44. The Balaban J connectivity index is 2.18. The maximum atomic E-state index is 5.58. The normalized spacial score (nSPS) is 10.4. The third kappa shape index (κ3) is 1.90. The van der Waals surface area contributed by atoms with Crippen LogP contribution in [0.4, 0.5) is 5.82 Å². The molecule has 0 amide bonds. The van der Waals surface area contributed by atoms with Gasteiger partial charge in [0.2, 0.25) is 0 Å². The van der Waals surface area contributed by atoms with Gasteiger partial charge < -0.3 is 5.73 Å². The topological polar surface area (TPSA) is 56.7 Å². The van der Waals surface area contributed by atoms with Crippen molar-refractivity contribution in [3.05, 3.63) is 41.9 Å². The second kappa shape index (κ2) is 3.49. The first kappa shape index (κ1) is 8.74. The van der Waals surface area contributed by atoms with Crippen LogP contribution in [0.3, 0.4) is 0 Å². The summed E-state index contributed by atoms with van der Waals surface area (Å²) in [7, 11) is 0. The van der Waals surface area contributed by atoms with Gasteiger partial charge >= 0.3 is 0 Å². The van der Waals surface area contributed by atoms with Crippen LogP contribution in [-0.2, 0) is 6.54 Å². The third-order valence-electron chi connectivity index (χ3n) is 1.91. The number of aryl methyl sites for hydroxylation is 1. The lowest BCUT2D eigenvalue weighted by Crippen LogP contribution is -2.03. The summed E-state index contributed by atoms with van der Waals surface area (Å²) in [5.74, 6) is 0.548. The summed E-state index contributed by atoms with van der Waals surface area (Å²) in [6.45, 7) is 2.68. The molecule has 2 aromatic rings. The molecule has 2 N–H and O–H groups in total. The molecule has 72 valence electrons. The van der Waals surface area contributed by atoms with Crippen LogP contribution in [0.25, 0.3) is 0 Å². The molecule has 0 aromatic carbocycles. The van der Waals surface area contributed by atoms with Gasteiger partial charge in [-0.15, -0.1) is 0 Å². The van der Waals surface area contributed by atoms with E-state index in [1.807, 2.05) is 36.1 Å². The maximum absolute atomic E-state index is 5.58. The average molecular weight is 188 g/mol. The number of rotatable bonds is 2. The van der Waals surface area contributed by atoms with Gasteiger partial charge in [0.1, 0.15) is 5.82 Å². The summed E-state index contributed by atoms with van der Waals surface area (Å²) in [5, 5.41) is 4.18. The predicted molar refractivity (Wildman–Crippen MR) is 54.7 cm³/mol. The lowest BCUT2D eigenvalue weighted by atomic mass is 10.3. The number of pyridine rings is 1. The fourth-order valence-corrected chi connectivity index (χ4v) is 1.31. The van der Waals surface area contributed by atoms with E-state index in [1.165, 1.54) is 0 Å². The SMILES string of the molecule is Cc1cnn(Cc2cccc(N)n2)c1. The molecule has 0 saturated carbocycles.